The fourth-order valence-electron chi connectivity index (χ4n) is 2.40. The van der Waals surface area contributed by atoms with E-state index in [-0.39, 0.29) is 5.91 Å². The lowest BCUT2D eigenvalue weighted by atomic mass is 10.2. The van der Waals surface area contributed by atoms with Crippen molar-refractivity contribution in [3.05, 3.63) is 46.1 Å². The van der Waals surface area contributed by atoms with Crippen LogP contribution in [-0.4, -0.2) is 36.7 Å². The Hall–Kier alpha value is -1.95. The van der Waals surface area contributed by atoms with Crippen molar-refractivity contribution in [3.8, 4) is 0 Å². The van der Waals surface area contributed by atoms with E-state index in [9.17, 15) is 4.79 Å². The number of anilines is 2. The van der Waals surface area contributed by atoms with Crippen molar-refractivity contribution in [1.29, 1.82) is 0 Å². The Bertz CT molecular complexity index is 685. The number of carbonyl (C=O) groups excluding carboxylic acids is 1. The molecule has 1 amide bonds. The molecule has 0 radical (unpaired) electrons. The first-order valence-corrected chi connectivity index (χ1v) is 7.47. The summed E-state index contributed by atoms with van der Waals surface area (Å²) in [5.74, 6) is 0.631. The molecule has 0 N–H and O–H groups in total. The lowest BCUT2D eigenvalue weighted by Crippen LogP contribution is -2.30. The maximum Gasteiger partial charge on any atom is 0.278 e. The number of carbonyl (C=O) groups is 1. The Kier molecular flexibility index (Phi) is 3.63. The maximum atomic E-state index is 12.6. The topological polar surface area (TPSA) is 49.3 Å². The number of nitrogens with zero attached hydrogens (tertiary/aromatic N) is 4. The summed E-state index contributed by atoms with van der Waals surface area (Å²) in [6.07, 6.45) is 0.865. The smallest absolute Gasteiger partial charge is 0.278 e. The predicted molar refractivity (Wildman–Crippen MR) is 85.9 cm³/mol. The van der Waals surface area contributed by atoms with Crippen LogP contribution in [0, 0.1) is 0 Å². The molecular formula is C15H15BrN4O. The summed E-state index contributed by atoms with van der Waals surface area (Å²) in [6, 6.07) is 9.50. The molecule has 0 saturated heterocycles. The minimum Gasteiger partial charge on any atom is -0.361 e. The Balaban J connectivity index is 1.87. The van der Waals surface area contributed by atoms with Gasteiger partial charge in [-0.25, -0.2) is 0 Å². The second-order valence-electron chi connectivity index (χ2n) is 5.15. The summed E-state index contributed by atoms with van der Waals surface area (Å²) in [5, 5.41) is 8.10. The predicted octanol–water partition coefficient (Wildman–Crippen LogP) is 2.51. The van der Waals surface area contributed by atoms with Crippen molar-refractivity contribution >= 4 is 33.3 Å². The molecule has 0 aliphatic carbocycles. The lowest BCUT2D eigenvalue weighted by molar-refractivity contribution is 0.0983. The number of amides is 1. The lowest BCUT2D eigenvalue weighted by Gasteiger charge is -2.17. The first-order chi connectivity index (χ1) is 10.1. The van der Waals surface area contributed by atoms with Crippen LogP contribution in [0.1, 0.15) is 16.1 Å². The van der Waals surface area contributed by atoms with E-state index in [1.54, 1.807) is 17.0 Å². The average molecular weight is 347 g/mol. The van der Waals surface area contributed by atoms with Crippen molar-refractivity contribution < 1.29 is 4.79 Å². The second-order valence-corrected chi connectivity index (χ2v) is 6.07. The Labute approximate surface area is 131 Å². The van der Waals surface area contributed by atoms with Gasteiger partial charge in [0.15, 0.2) is 11.5 Å². The molecule has 0 saturated carbocycles. The molecule has 0 unspecified atom stereocenters. The Morgan fingerprint density at radius 3 is 2.71 bits per heavy atom. The molecule has 3 rings (SSSR count). The summed E-state index contributed by atoms with van der Waals surface area (Å²) in [7, 11) is 3.78. The van der Waals surface area contributed by atoms with Crippen LogP contribution in [0.25, 0.3) is 0 Å². The van der Waals surface area contributed by atoms with Gasteiger partial charge in [0.1, 0.15) is 0 Å². The number of rotatable bonds is 2. The van der Waals surface area contributed by atoms with Crippen LogP contribution in [0.5, 0.6) is 0 Å². The van der Waals surface area contributed by atoms with E-state index in [2.05, 4.69) is 32.2 Å². The van der Waals surface area contributed by atoms with Crippen LogP contribution >= 0.6 is 15.9 Å². The maximum absolute atomic E-state index is 12.6. The molecule has 1 aromatic heterocycles. The van der Waals surface area contributed by atoms with Crippen LogP contribution in [0.15, 0.2) is 34.8 Å². The Morgan fingerprint density at radius 2 is 2.05 bits per heavy atom. The molecular weight excluding hydrogens is 332 g/mol. The number of halogens is 1. The summed E-state index contributed by atoms with van der Waals surface area (Å²) in [4.78, 5) is 16.2. The van der Waals surface area contributed by atoms with Crippen molar-refractivity contribution in [2.24, 2.45) is 0 Å². The molecule has 1 aliphatic rings. The van der Waals surface area contributed by atoms with Gasteiger partial charge in [-0.1, -0.05) is 15.9 Å². The SMILES string of the molecule is CN(C)c1ccc(C(=O)N2CCc3cc(Br)ccc32)nn1. The molecule has 5 nitrogen and oxygen atoms in total. The quantitative estimate of drug-likeness (QED) is 0.838. The van der Waals surface area contributed by atoms with Crippen LogP contribution in [0.3, 0.4) is 0 Å². The molecule has 108 valence electrons. The highest BCUT2D eigenvalue weighted by Crippen LogP contribution is 2.31. The zero-order valence-corrected chi connectivity index (χ0v) is 13.5. The minimum absolute atomic E-state index is 0.103. The third-order valence-electron chi connectivity index (χ3n) is 3.51. The summed E-state index contributed by atoms with van der Waals surface area (Å²) in [6.45, 7) is 0.682. The van der Waals surface area contributed by atoms with Gasteiger partial charge in [0.05, 0.1) is 0 Å². The van der Waals surface area contributed by atoms with Gasteiger partial charge in [-0.05, 0) is 42.3 Å². The number of benzene rings is 1. The van der Waals surface area contributed by atoms with Crippen LogP contribution in [0.4, 0.5) is 11.5 Å². The van der Waals surface area contributed by atoms with Gasteiger partial charge < -0.3 is 9.80 Å². The summed E-state index contributed by atoms with van der Waals surface area (Å²) < 4.78 is 1.03. The molecule has 2 heterocycles. The fraction of sp³-hybridized carbons (Fsp3) is 0.267. The van der Waals surface area contributed by atoms with E-state index < -0.39 is 0 Å². The highest BCUT2D eigenvalue weighted by molar-refractivity contribution is 9.10. The zero-order chi connectivity index (χ0) is 15.0. The second kappa shape index (κ2) is 5.44. The van der Waals surface area contributed by atoms with Gasteiger partial charge in [0.2, 0.25) is 0 Å². The minimum atomic E-state index is -0.103. The van der Waals surface area contributed by atoms with Gasteiger partial charge in [0.25, 0.3) is 5.91 Å². The number of hydrogen-bond donors (Lipinski definition) is 0. The van der Waals surface area contributed by atoms with Gasteiger partial charge in [-0.3, -0.25) is 4.79 Å². The molecule has 0 fully saturated rings. The van der Waals surface area contributed by atoms with Crippen LogP contribution in [0.2, 0.25) is 0 Å². The zero-order valence-electron chi connectivity index (χ0n) is 11.9. The Morgan fingerprint density at radius 1 is 1.24 bits per heavy atom. The number of hydrogen-bond acceptors (Lipinski definition) is 4. The highest BCUT2D eigenvalue weighted by Gasteiger charge is 2.26. The third-order valence-corrected chi connectivity index (χ3v) is 4.00. The van der Waals surface area contributed by atoms with E-state index in [4.69, 9.17) is 0 Å². The van der Waals surface area contributed by atoms with E-state index in [0.29, 0.717) is 12.2 Å². The molecule has 1 aliphatic heterocycles. The standard InChI is InChI=1S/C15H15BrN4O/c1-19(2)14-6-4-12(17-18-14)15(21)20-8-7-10-9-11(16)3-5-13(10)20/h3-6,9H,7-8H2,1-2H3. The third kappa shape index (κ3) is 2.63. The van der Waals surface area contributed by atoms with Crippen molar-refractivity contribution in [2.75, 3.05) is 30.4 Å². The number of fused-ring (bicyclic) bond motifs is 1. The average Bonchev–Trinajstić information content (AvgIpc) is 2.89. The monoisotopic (exact) mass is 346 g/mol. The van der Waals surface area contributed by atoms with Crippen molar-refractivity contribution in [2.45, 2.75) is 6.42 Å². The van der Waals surface area contributed by atoms with E-state index in [1.165, 1.54) is 5.56 Å². The first kappa shape index (κ1) is 14.0. The van der Waals surface area contributed by atoms with Crippen LogP contribution < -0.4 is 9.80 Å². The number of aromatic nitrogens is 2. The van der Waals surface area contributed by atoms with Gasteiger partial charge >= 0.3 is 0 Å². The molecule has 6 heteroatoms. The molecule has 0 spiro atoms. The summed E-state index contributed by atoms with van der Waals surface area (Å²) >= 11 is 3.46. The summed E-state index contributed by atoms with van der Waals surface area (Å²) in [5.41, 5.74) is 2.51. The first-order valence-electron chi connectivity index (χ1n) is 6.67. The van der Waals surface area contributed by atoms with E-state index in [0.717, 1.165) is 22.4 Å². The largest absolute Gasteiger partial charge is 0.361 e. The molecule has 0 bridgehead atoms. The normalized spacial score (nSPS) is 13.2. The van der Waals surface area contributed by atoms with E-state index >= 15 is 0 Å². The molecule has 21 heavy (non-hydrogen) atoms. The van der Waals surface area contributed by atoms with Gasteiger partial charge in [-0.15, -0.1) is 10.2 Å². The molecule has 1 aromatic carbocycles. The van der Waals surface area contributed by atoms with E-state index in [1.807, 2.05) is 31.1 Å². The molecule has 2 aromatic rings. The fourth-order valence-corrected chi connectivity index (χ4v) is 2.81. The van der Waals surface area contributed by atoms with Gasteiger partial charge in [0, 0.05) is 30.8 Å². The highest BCUT2D eigenvalue weighted by atomic mass is 79.9. The van der Waals surface area contributed by atoms with Crippen LogP contribution in [-0.2, 0) is 6.42 Å². The molecule has 0 atom stereocenters. The van der Waals surface area contributed by atoms with Gasteiger partial charge in [-0.2, -0.15) is 0 Å². The van der Waals surface area contributed by atoms with Crippen molar-refractivity contribution in [3.63, 3.8) is 0 Å². The van der Waals surface area contributed by atoms with Crippen molar-refractivity contribution in [1.82, 2.24) is 10.2 Å².